The van der Waals surface area contributed by atoms with Crippen molar-refractivity contribution in [1.82, 2.24) is 14.9 Å². The van der Waals surface area contributed by atoms with Crippen LogP contribution in [0, 0.1) is 5.41 Å². The molecule has 2 aromatic heterocycles. The van der Waals surface area contributed by atoms with Crippen LogP contribution in [0.1, 0.15) is 44.2 Å². The van der Waals surface area contributed by atoms with Crippen molar-refractivity contribution in [3.8, 4) is 11.4 Å². The average Bonchev–Trinajstić information content (AvgIpc) is 3.53. The Morgan fingerprint density at radius 3 is 2.46 bits per heavy atom. The number of hydrogen-bond donors (Lipinski definition) is 2. The minimum atomic E-state index is -0.538. The number of pyridine rings is 1. The first-order valence-corrected chi connectivity index (χ1v) is 13.8. The highest BCUT2D eigenvalue weighted by atomic mass is 79.9. The average molecular weight is 605 g/mol. The summed E-state index contributed by atoms with van der Waals surface area (Å²) >= 11 is 9.46. The maximum atomic E-state index is 12.7. The Bertz CT molecular complexity index is 1500. The van der Waals surface area contributed by atoms with Crippen molar-refractivity contribution in [1.29, 1.82) is 0 Å². The molecule has 5 rings (SSSR count). The Morgan fingerprint density at radius 2 is 1.79 bits per heavy atom. The lowest BCUT2D eigenvalue weighted by Crippen LogP contribution is -2.30. The van der Waals surface area contributed by atoms with Crippen molar-refractivity contribution in [2.75, 3.05) is 17.3 Å². The van der Waals surface area contributed by atoms with Gasteiger partial charge >= 0.3 is 0 Å². The summed E-state index contributed by atoms with van der Waals surface area (Å²) in [6.07, 6.45) is 3.85. The Hall–Kier alpha value is -3.69. The van der Waals surface area contributed by atoms with E-state index in [0.717, 1.165) is 27.2 Å². The summed E-state index contributed by atoms with van der Waals surface area (Å²) < 4.78 is 8.90. The molecule has 2 N–H and O–H groups in total. The number of carbonyl (C=O) groups is 1. The number of aromatic nitrogens is 2. The van der Waals surface area contributed by atoms with Gasteiger partial charge in [-0.3, -0.25) is 9.78 Å². The van der Waals surface area contributed by atoms with E-state index in [1.54, 1.807) is 13.3 Å². The van der Waals surface area contributed by atoms with Crippen LogP contribution in [0.4, 0.5) is 11.4 Å². The van der Waals surface area contributed by atoms with Crippen molar-refractivity contribution >= 4 is 50.5 Å². The maximum absolute atomic E-state index is 12.7. The fraction of sp³-hybridized carbons (Fsp3) is 0.233. The first kappa shape index (κ1) is 26.9. The van der Waals surface area contributed by atoms with Crippen LogP contribution >= 0.6 is 28.1 Å². The van der Waals surface area contributed by atoms with Gasteiger partial charge in [0.25, 0.3) is 0 Å². The van der Waals surface area contributed by atoms with Gasteiger partial charge in [-0.25, -0.2) is 0 Å². The van der Waals surface area contributed by atoms with E-state index < -0.39 is 5.41 Å². The number of methoxy groups -OCH3 is 1. The number of hydrogen-bond acceptors (Lipinski definition) is 4. The zero-order chi connectivity index (χ0) is 27.7. The van der Waals surface area contributed by atoms with Crippen molar-refractivity contribution in [2.24, 2.45) is 5.41 Å². The van der Waals surface area contributed by atoms with Crippen LogP contribution in [0.5, 0.6) is 5.75 Å². The number of halogens is 1. The summed E-state index contributed by atoms with van der Waals surface area (Å²) in [7, 11) is 1.60. The van der Waals surface area contributed by atoms with Crippen molar-refractivity contribution in [2.45, 2.75) is 32.9 Å². The van der Waals surface area contributed by atoms with Crippen LogP contribution < -0.4 is 20.3 Å². The Morgan fingerprint density at radius 1 is 1.05 bits per heavy atom. The number of rotatable bonds is 6. The SMILES string of the molecule is COc1cc(N2C(=S)N[C@@H](c3ccccn3)[C@H]2c2cccn2-c2ccc(Br)cc2)ccc1NC(=O)C(C)(C)C. The number of carbonyl (C=O) groups excluding carboxylic acids is 1. The van der Waals surface area contributed by atoms with E-state index in [9.17, 15) is 4.79 Å². The van der Waals surface area contributed by atoms with Crippen molar-refractivity contribution in [3.63, 3.8) is 0 Å². The molecule has 1 amide bonds. The van der Waals surface area contributed by atoms with Gasteiger partial charge in [0.15, 0.2) is 5.11 Å². The van der Waals surface area contributed by atoms with Crippen LogP contribution in [0.3, 0.4) is 0 Å². The van der Waals surface area contributed by atoms with Gasteiger partial charge in [0.05, 0.1) is 24.5 Å². The van der Waals surface area contributed by atoms with Crippen LogP contribution in [-0.4, -0.2) is 27.7 Å². The van der Waals surface area contributed by atoms with Crippen LogP contribution in [0.2, 0.25) is 0 Å². The molecule has 0 radical (unpaired) electrons. The third-order valence-corrected chi connectivity index (χ3v) is 7.52. The highest BCUT2D eigenvalue weighted by Gasteiger charge is 2.42. The maximum Gasteiger partial charge on any atom is 0.229 e. The minimum Gasteiger partial charge on any atom is -0.494 e. The number of anilines is 2. The molecule has 0 saturated carbocycles. The summed E-state index contributed by atoms with van der Waals surface area (Å²) in [5.41, 5.74) is 3.87. The molecule has 0 unspecified atom stereocenters. The standard InChI is InChI=1S/C30H30BrN5O2S/c1-30(2,3)28(37)33-22-15-14-21(18-25(22)38-4)36-27(26(34-29(36)39)23-8-5-6-16-32-23)24-9-7-17-35(24)20-12-10-19(31)11-13-20/h5-18,26-27H,1-4H3,(H,33,37)(H,34,39)/t26-,27+/m0/s1. The molecule has 1 aliphatic heterocycles. The normalized spacial score (nSPS) is 17.2. The highest BCUT2D eigenvalue weighted by Crippen LogP contribution is 2.44. The summed E-state index contributed by atoms with van der Waals surface area (Å²) in [4.78, 5) is 19.4. The molecule has 0 bridgehead atoms. The molecule has 9 heteroatoms. The van der Waals surface area contributed by atoms with E-state index in [1.807, 2.05) is 75.4 Å². The van der Waals surface area contributed by atoms with Crippen molar-refractivity contribution < 1.29 is 9.53 Å². The molecule has 2 aromatic carbocycles. The fourth-order valence-electron chi connectivity index (χ4n) is 4.65. The molecule has 200 valence electrons. The zero-order valence-corrected chi connectivity index (χ0v) is 24.6. The second kappa shape index (κ2) is 10.8. The summed E-state index contributed by atoms with van der Waals surface area (Å²) in [6.45, 7) is 5.63. The molecule has 0 aliphatic carbocycles. The lowest BCUT2D eigenvalue weighted by molar-refractivity contribution is -0.123. The molecular formula is C30H30BrN5O2S. The lowest BCUT2D eigenvalue weighted by Gasteiger charge is -2.29. The van der Waals surface area contributed by atoms with Gasteiger partial charge < -0.3 is 24.8 Å². The molecule has 1 aliphatic rings. The number of benzene rings is 2. The second-order valence-electron chi connectivity index (χ2n) is 10.4. The number of nitrogens with zero attached hydrogens (tertiary/aromatic N) is 3. The third kappa shape index (κ3) is 5.42. The van der Waals surface area contributed by atoms with E-state index in [1.165, 1.54) is 0 Å². The number of ether oxygens (including phenoxy) is 1. The van der Waals surface area contributed by atoms with E-state index in [0.29, 0.717) is 16.5 Å². The highest BCUT2D eigenvalue weighted by molar-refractivity contribution is 9.10. The second-order valence-corrected chi connectivity index (χ2v) is 11.7. The minimum absolute atomic E-state index is 0.0904. The molecular weight excluding hydrogens is 574 g/mol. The molecule has 1 fully saturated rings. The van der Waals surface area contributed by atoms with Crippen LogP contribution in [-0.2, 0) is 4.79 Å². The van der Waals surface area contributed by atoms with E-state index in [4.69, 9.17) is 17.0 Å². The number of amides is 1. The molecule has 4 aromatic rings. The monoisotopic (exact) mass is 603 g/mol. The predicted octanol–water partition coefficient (Wildman–Crippen LogP) is 6.81. The molecule has 1 saturated heterocycles. The molecule has 39 heavy (non-hydrogen) atoms. The van der Waals surface area contributed by atoms with Gasteiger partial charge in [-0.05, 0) is 72.9 Å². The van der Waals surface area contributed by atoms with Gasteiger partial charge in [0.1, 0.15) is 11.8 Å². The summed E-state index contributed by atoms with van der Waals surface area (Å²) in [5, 5.41) is 7.08. The van der Waals surface area contributed by atoms with Gasteiger partial charge in [-0.2, -0.15) is 0 Å². The zero-order valence-electron chi connectivity index (χ0n) is 22.2. The van der Waals surface area contributed by atoms with Gasteiger partial charge in [0, 0.05) is 45.4 Å². The van der Waals surface area contributed by atoms with Gasteiger partial charge in [0.2, 0.25) is 5.91 Å². The quantitative estimate of drug-likeness (QED) is 0.236. The Kier molecular flexibility index (Phi) is 7.46. The number of nitrogens with one attached hydrogen (secondary N) is 2. The van der Waals surface area contributed by atoms with Crippen molar-refractivity contribution in [3.05, 3.63) is 101 Å². The van der Waals surface area contributed by atoms with Gasteiger partial charge in [-0.15, -0.1) is 0 Å². The first-order chi connectivity index (χ1) is 18.7. The third-order valence-electron chi connectivity index (χ3n) is 6.68. The van der Waals surface area contributed by atoms with E-state index >= 15 is 0 Å². The number of thiocarbonyl (C=S) groups is 1. The van der Waals surface area contributed by atoms with Crippen LogP contribution in [0.25, 0.3) is 5.69 Å². The van der Waals surface area contributed by atoms with E-state index in [2.05, 4.69) is 65.4 Å². The fourth-order valence-corrected chi connectivity index (χ4v) is 5.26. The largest absolute Gasteiger partial charge is 0.494 e. The van der Waals surface area contributed by atoms with E-state index in [-0.39, 0.29) is 18.0 Å². The van der Waals surface area contributed by atoms with Gasteiger partial charge in [-0.1, -0.05) is 42.8 Å². The summed E-state index contributed by atoms with van der Waals surface area (Å²) in [5.74, 6) is 0.462. The lowest BCUT2D eigenvalue weighted by atomic mass is 9.95. The topological polar surface area (TPSA) is 71.4 Å². The first-order valence-electron chi connectivity index (χ1n) is 12.6. The molecule has 2 atom stereocenters. The summed E-state index contributed by atoms with van der Waals surface area (Å²) in [6, 6.07) is 23.6. The van der Waals surface area contributed by atoms with Crippen LogP contribution in [0.15, 0.2) is 89.7 Å². The predicted molar refractivity (Wildman–Crippen MR) is 162 cm³/mol. The smallest absolute Gasteiger partial charge is 0.229 e. The molecule has 3 heterocycles. The molecule has 0 spiro atoms. The Labute approximate surface area is 242 Å². The molecule has 7 nitrogen and oxygen atoms in total. The Balaban J connectivity index is 1.60.